The molecular formula is C17H27NO2. The van der Waals surface area contributed by atoms with Crippen LogP contribution in [0.1, 0.15) is 43.7 Å². The van der Waals surface area contributed by atoms with Crippen LogP contribution in [0.3, 0.4) is 0 Å². The maximum absolute atomic E-state index is 6.06. The highest BCUT2D eigenvalue weighted by Gasteiger charge is 2.22. The molecule has 0 aliphatic heterocycles. The summed E-state index contributed by atoms with van der Waals surface area (Å²) in [6.07, 6.45) is 5.32. The van der Waals surface area contributed by atoms with Gasteiger partial charge in [-0.15, -0.1) is 0 Å². The average molecular weight is 277 g/mol. The van der Waals surface area contributed by atoms with Gasteiger partial charge in [-0.2, -0.15) is 0 Å². The molecule has 1 aliphatic rings. The van der Waals surface area contributed by atoms with Crippen LogP contribution in [0.4, 0.5) is 0 Å². The quantitative estimate of drug-likeness (QED) is 0.829. The molecule has 3 heteroatoms. The molecule has 1 saturated carbocycles. The molecule has 1 N–H and O–H groups in total. The number of rotatable bonds is 7. The van der Waals surface area contributed by atoms with Gasteiger partial charge in [0.05, 0.1) is 18.8 Å². The molecule has 0 heterocycles. The Morgan fingerprint density at radius 2 is 2.00 bits per heavy atom. The van der Waals surface area contributed by atoms with Gasteiger partial charge in [0.25, 0.3) is 0 Å². The molecule has 0 radical (unpaired) electrons. The molecule has 112 valence electrons. The van der Waals surface area contributed by atoms with Gasteiger partial charge >= 0.3 is 0 Å². The summed E-state index contributed by atoms with van der Waals surface area (Å²) in [5.41, 5.74) is 2.59. The van der Waals surface area contributed by atoms with Gasteiger partial charge in [0, 0.05) is 13.7 Å². The van der Waals surface area contributed by atoms with Crippen molar-refractivity contribution in [1.29, 1.82) is 0 Å². The molecule has 2 atom stereocenters. The minimum Gasteiger partial charge on any atom is -0.381 e. The maximum atomic E-state index is 6.06. The molecule has 0 saturated heterocycles. The normalized spacial score (nSPS) is 22.9. The number of methoxy groups -OCH3 is 1. The molecule has 1 aromatic rings. The number of nitrogens with one attached hydrogen (secondary N) is 1. The Hall–Kier alpha value is -0.900. The van der Waals surface area contributed by atoms with Crippen molar-refractivity contribution in [2.24, 2.45) is 0 Å². The lowest BCUT2D eigenvalue weighted by Gasteiger charge is -2.28. The van der Waals surface area contributed by atoms with Gasteiger partial charge in [-0.05, 0) is 43.4 Å². The summed E-state index contributed by atoms with van der Waals surface area (Å²) >= 11 is 0. The van der Waals surface area contributed by atoms with Crippen LogP contribution in [-0.4, -0.2) is 25.9 Å². The van der Waals surface area contributed by atoms with Crippen molar-refractivity contribution in [2.45, 2.75) is 58.0 Å². The van der Waals surface area contributed by atoms with Crippen LogP contribution in [0.15, 0.2) is 24.3 Å². The van der Waals surface area contributed by atoms with Gasteiger partial charge < -0.3 is 14.8 Å². The van der Waals surface area contributed by atoms with Crippen molar-refractivity contribution in [3.05, 3.63) is 35.4 Å². The molecule has 20 heavy (non-hydrogen) atoms. The Bertz CT molecular complexity index is 394. The topological polar surface area (TPSA) is 30.5 Å². The first-order chi connectivity index (χ1) is 9.81. The molecule has 0 aromatic heterocycles. The monoisotopic (exact) mass is 277 g/mol. The van der Waals surface area contributed by atoms with Crippen molar-refractivity contribution in [2.75, 3.05) is 13.7 Å². The van der Waals surface area contributed by atoms with Crippen molar-refractivity contribution >= 4 is 0 Å². The van der Waals surface area contributed by atoms with E-state index in [1.807, 2.05) is 0 Å². The smallest absolute Gasteiger partial charge is 0.0720 e. The van der Waals surface area contributed by atoms with Gasteiger partial charge in [-0.25, -0.2) is 0 Å². The van der Waals surface area contributed by atoms with Crippen molar-refractivity contribution in [3.63, 3.8) is 0 Å². The summed E-state index contributed by atoms with van der Waals surface area (Å²) in [7, 11) is 1.80. The molecule has 0 bridgehead atoms. The highest BCUT2D eigenvalue weighted by molar-refractivity contribution is 5.22. The molecule has 2 rings (SSSR count). The van der Waals surface area contributed by atoms with E-state index < -0.39 is 0 Å². The van der Waals surface area contributed by atoms with E-state index in [0.29, 0.717) is 18.8 Å². The Balaban J connectivity index is 1.81. The SMILES string of the molecule is CCNCc1cccc(COC2CCCC(OC)C2)c1. The Kier molecular flexibility index (Phi) is 6.51. The van der Waals surface area contributed by atoms with E-state index >= 15 is 0 Å². The Morgan fingerprint density at radius 1 is 1.20 bits per heavy atom. The lowest BCUT2D eigenvalue weighted by atomic mass is 9.95. The van der Waals surface area contributed by atoms with Gasteiger partial charge in [0.1, 0.15) is 0 Å². The first-order valence-electron chi connectivity index (χ1n) is 7.74. The van der Waals surface area contributed by atoms with Crippen LogP contribution < -0.4 is 5.32 Å². The zero-order valence-corrected chi connectivity index (χ0v) is 12.7. The van der Waals surface area contributed by atoms with Crippen LogP contribution in [0.2, 0.25) is 0 Å². The number of hydrogen-bond donors (Lipinski definition) is 1. The summed E-state index contributed by atoms with van der Waals surface area (Å²) in [6, 6.07) is 8.66. The van der Waals surface area contributed by atoms with E-state index in [9.17, 15) is 0 Å². The third-order valence-electron chi connectivity index (χ3n) is 3.97. The number of hydrogen-bond acceptors (Lipinski definition) is 3. The molecule has 3 nitrogen and oxygen atoms in total. The molecule has 1 fully saturated rings. The Labute approximate surface area is 122 Å². The van der Waals surface area contributed by atoms with Crippen LogP contribution >= 0.6 is 0 Å². The molecule has 1 aliphatic carbocycles. The van der Waals surface area contributed by atoms with Gasteiger partial charge in [-0.3, -0.25) is 0 Å². The van der Waals surface area contributed by atoms with E-state index in [4.69, 9.17) is 9.47 Å². The van der Waals surface area contributed by atoms with E-state index in [1.165, 1.54) is 24.0 Å². The predicted molar refractivity (Wildman–Crippen MR) is 81.7 cm³/mol. The maximum Gasteiger partial charge on any atom is 0.0720 e. The highest BCUT2D eigenvalue weighted by Crippen LogP contribution is 2.24. The minimum absolute atomic E-state index is 0.353. The summed E-state index contributed by atoms with van der Waals surface area (Å²) in [4.78, 5) is 0. The van der Waals surface area contributed by atoms with Gasteiger partial charge in [0.15, 0.2) is 0 Å². The Morgan fingerprint density at radius 3 is 2.80 bits per heavy atom. The summed E-state index contributed by atoms with van der Waals surface area (Å²) in [6.45, 7) is 4.77. The lowest BCUT2D eigenvalue weighted by molar-refractivity contribution is -0.0363. The van der Waals surface area contributed by atoms with Crippen LogP contribution in [-0.2, 0) is 22.6 Å². The number of ether oxygens (including phenoxy) is 2. The first kappa shape index (κ1) is 15.5. The fourth-order valence-electron chi connectivity index (χ4n) is 2.78. The fraction of sp³-hybridized carbons (Fsp3) is 0.647. The third-order valence-corrected chi connectivity index (χ3v) is 3.97. The highest BCUT2D eigenvalue weighted by atomic mass is 16.5. The zero-order valence-electron chi connectivity index (χ0n) is 12.7. The molecule has 0 spiro atoms. The van der Waals surface area contributed by atoms with Crippen LogP contribution in [0.5, 0.6) is 0 Å². The van der Waals surface area contributed by atoms with Crippen LogP contribution in [0, 0.1) is 0 Å². The largest absolute Gasteiger partial charge is 0.381 e. The van der Waals surface area contributed by atoms with Gasteiger partial charge in [0.2, 0.25) is 0 Å². The molecule has 2 unspecified atom stereocenters. The van der Waals surface area contributed by atoms with Gasteiger partial charge in [-0.1, -0.05) is 31.2 Å². The molecule has 0 amide bonds. The van der Waals surface area contributed by atoms with E-state index in [2.05, 4.69) is 36.5 Å². The molecular weight excluding hydrogens is 250 g/mol. The predicted octanol–water partition coefficient (Wildman–Crippen LogP) is 3.27. The van der Waals surface area contributed by atoms with E-state index in [1.54, 1.807) is 7.11 Å². The van der Waals surface area contributed by atoms with Crippen molar-refractivity contribution in [1.82, 2.24) is 5.32 Å². The second kappa shape index (κ2) is 8.40. The average Bonchev–Trinajstić information content (AvgIpc) is 2.51. The van der Waals surface area contributed by atoms with E-state index in [0.717, 1.165) is 25.9 Å². The van der Waals surface area contributed by atoms with Crippen molar-refractivity contribution < 1.29 is 9.47 Å². The third kappa shape index (κ3) is 4.89. The minimum atomic E-state index is 0.353. The summed E-state index contributed by atoms with van der Waals surface area (Å²) < 4.78 is 11.5. The number of benzene rings is 1. The zero-order chi connectivity index (χ0) is 14.2. The first-order valence-corrected chi connectivity index (χ1v) is 7.74. The lowest BCUT2D eigenvalue weighted by Crippen LogP contribution is -2.27. The van der Waals surface area contributed by atoms with Crippen molar-refractivity contribution in [3.8, 4) is 0 Å². The fourth-order valence-corrected chi connectivity index (χ4v) is 2.78. The molecule has 1 aromatic carbocycles. The summed E-state index contributed by atoms with van der Waals surface area (Å²) in [5, 5.41) is 3.35. The second-order valence-electron chi connectivity index (χ2n) is 5.56. The van der Waals surface area contributed by atoms with E-state index in [-0.39, 0.29) is 0 Å². The second-order valence-corrected chi connectivity index (χ2v) is 5.56. The summed E-state index contributed by atoms with van der Waals surface area (Å²) in [5.74, 6) is 0. The van der Waals surface area contributed by atoms with Crippen LogP contribution in [0.25, 0.3) is 0 Å². The standard InChI is InChI=1S/C17H27NO2/c1-3-18-12-14-6-4-7-15(10-14)13-20-17-9-5-8-16(11-17)19-2/h4,6-7,10,16-18H,3,5,8-9,11-13H2,1-2H3.